The summed E-state index contributed by atoms with van der Waals surface area (Å²) in [4.78, 5) is 2.34. The number of hydrogen-bond acceptors (Lipinski definition) is 3. The number of rotatable bonds is 9. The van der Waals surface area contributed by atoms with Crippen molar-refractivity contribution in [3.63, 3.8) is 0 Å². The van der Waals surface area contributed by atoms with Crippen molar-refractivity contribution in [3.8, 4) is 0 Å². The van der Waals surface area contributed by atoms with E-state index in [0.717, 1.165) is 51.4 Å². The molecule has 1 saturated carbocycles. The lowest BCUT2D eigenvalue weighted by molar-refractivity contribution is -0.197. The van der Waals surface area contributed by atoms with Crippen LogP contribution in [0.4, 0.5) is 0 Å². The van der Waals surface area contributed by atoms with Crippen LogP contribution in [0, 0.1) is 11.3 Å². The molecule has 1 aliphatic carbocycles. The molecule has 3 nitrogen and oxygen atoms in total. The van der Waals surface area contributed by atoms with Gasteiger partial charge in [0.1, 0.15) is 0 Å². The highest BCUT2D eigenvalue weighted by molar-refractivity contribution is 4.90. The van der Waals surface area contributed by atoms with Crippen molar-refractivity contribution in [2.45, 2.75) is 71.2 Å². The molecule has 1 saturated heterocycles. The number of hydrogen-bond donors (Lipinski definition) is 0. The molecule has 1 heterocycles. The first-order valence-corrected chi connectivity index (χ1v) is 9.70. The van der Waals surface area contributed by atoms with Gasteiger partial charge in [-0.2, -0.15) is 0 Å². The molecule has 1 aliphatic heterocycles. The van der Waals surface area contributed by atoms with E-state index in [1.54, 1.807) is 0 Å². The fourth-order valence-electron chi connectivity index (χ4n) is 4.10. The average molecular weight is 336 g/mol. The third kappa shape index (κ3) is 4.93. The summed E-state index contributed by atoms with van der Waals surface area (Å²) >= 11 is 0. The van der Waals surface area contributed by atoms with Crippen molar-refractivity contribution in [1.29, 1.82) is 0 Å². The predicted octanol–water partition coefficient (Wildman–Crippen LogP) is 4.79. The number of nitrogens with zero attached hydrogens (tertiary/aromatic N) is 1. The molecule has 0 amide bonds. The molecule has 24 heavy (non-hydrogen) atoms. The SMILES string of the molecule is C=CCN(CC=C)CCC1COC2(CCC(C(C)(C)CC)CC2)O1. The highest BCUT2D eigenvalue weighted by Crippen LogP contribution is 2.47. The van der Waals surface area contributed by atoms with Crippen LogP contribution in [0.3, 0.4) is 0 Å². The summed E-state index contributed by atoms with van der Waals surface area (Å²) in [6.45, 7) is 18.3. The van der Waals surface area contributed by atoms with E-state index in [1.165, 1.54) is 19.3 Å². The first-order chi connectivity index (χ1) is 11.4. The molecule has 138 valence electrons. The molecule has 0 radical (unpaired) electrons. The van der Waals surface area contributed by atoms with Crippen molar-refractivity contribution in [3.05, 3.63) is 25.3 Å². The van der Waals surface area contributed by atoms with Gasteiger partial charge in [0.25, 0.3) is 0 Å². The fraction of sp³-hybridized carbons (Fsp3) is 0.810. The second-order valence-corrected chi connectivity index (χ2v) is 8.20. The van der Waals surface area contributed by atoms with Crippen LogP contribution < -0.4 is 0 Å². The maximum atomic E-state index is 6.39. The average Bonchev–Trinajstić information content (AvgIpc) is 2.96. The van der Waals surface area contributed by atoms with Crippen molar-refractivity contribution in [2.75, 3.05) is 26.2 Å². The van der Waals surface area contributed by atoms with Gasteiger partial charge in [0.2, 0.25) is 0 Å². The molecular weight excluding hydrogens is 298 g/mol. The van der Waals surface area contributed by atoms with E-state index in [4.69, 9.17) is 9.47 Å². The van der Waals surface area contributed by atoms with Gasteiger partial charge in [0, 0.05) is 32.5 Å². The molecule has 3 heteroatoms. The molecule has 1 spiro atoms. The predicted molar refractivity (Wildman–Crippen MR) is 101 cm³/mol. The van der Waals surface area contributed by atoms with Gasteiger partial charge in [0.05, 0.1) is 12.7 Å². The lowest BCUT2D eigenvalue weighted by atomic mass is 9.68. The first-order valence-electron chi connectivity index (χ1n) is 9.70. The van der Waals surface area contributed by atoms with Crippen LogP contribution in [0.15, 0.2) is 25.3 Å². The normalized spacial score (nSPS) is 30.8. The second-order valence-electron chi connectivity index (χ2n) is 8.20. The lowest BCUT2D eigenvalue weighted by Gasteiger charge is -2.42. The number of ether oxygens (including phenoxy) is 2. The summed E-state index contributed by atoms with van der Waals surface area (Å²) in [5, 5.41) is 0. The van der Waals surface area contributed by atoms with Crippen LogP contribution in [0.1, 0.15) is 59.3 Å². The quantitative estimate of drug-likeness (QED) is 0.566. The second kappa shape index (κ2) is 8.64. The third-order valence-electron chi connectivity index (χ3n) is 6.22. The van der Waals surface area contributed by atoms with E-state index in [2.05, 4.69) is 38.8 Å². The third-order valence-corrected chi connectivity index (χ3v) is 6.22. The van der Waals surface area contributed by atoms with E-state index in [-0.39, 0.29) is 11.9 Å². The summed E-state index contributed by atoms with van der Waals surface area (Å²) in [6.07, 6.45) is 11.0. The monoisotopic (exact) mass is 335 g/mol. The van der Waals surface area contributed by atoms with Gasteiger partial charge in [-0.1, -0.05) is 39.3 Å². The van der Waals surface area contributed by atoms with Gasteiger partial charge in [-0.3, -0.25) is 4.90 Å². The maximum absolute atomic E-state index is 6.39. The molecule has 2 aliphatic rings. The minimum absolute atomic E-state index is 0.234. The molecule has 0 N–H and O–H groups in total. The molecule has 0 aromatic carbocycles. The van der Waals surface area contributed by atoms with E-state index >= 15 is 0 Å². The maximum Gasteiger partial charge on any atom is 0.168 e. The van der Waals surface area contributed by atoms with Crippen LogP contribution >= 0.6 is 0 Å². The smallest absolute Gasteiger partial charge is 0.168 e. The largest absolute Gasteiger partial charge is 0.347 e. The van der Waals surface area contributed by atoms with E-state index in [1.807, 2.05) is 12.2 Å². The molecular formula is C21H37NO2. The van der Waals surface area contributed by atoms with Gasteiger partial charge in [-0.05, 0) is 30.6 Å². The molecule has 0 bridgehead atoms. The minimum atomic E-state index is -0.285. The Morgan fingerprint density at radius 2 is 1.79 bits per heavy atom. The van der Waals surface area contributed by atoms with Crippen LogP contribution in [0.2, 0.25) is 0 Å². The molecule has 2 rings (SSSR count). The zero-order valence-corrected chi connectivity index (χ0v) is 16.1. The Hall–Kier alpha value is -0.640. The van der Waals surface area contributed by atoms with Crippen molar-refractivity contribution in [2.24, 2.45) is 11.3 Å². The molecule has 1 unspecified atom stereocenters. The first kappa shape index (κ1) is 19.7. The Bertz CT molecular complexity index is 400. The van der Waals surface area contributed by atoms with Crippen LogP contribution in [0.25, 0.3) is 0 Å². The summed E-state index contributed by atoms with van der Waals surface area (Å²) in [6, 6.07) is 0. The Labute approximate surface area is 149 Å². The molecule has 0 aromatic rings. The summed E-state index contributed by atoms with van der Waals surface area (Å²) < 4.78 is 12.6. The van der Waals surface area contributed by atoms with Crippen LogP contribution in [0.5, 0.6) is 0 Å². The fourth-order valence-corrected chi connectivity index (χ4v) is 4.10. The van der Waals surface area contributed by atoms with Gasteiger partial charge in [0.15, 0.2) is 5.79 Å². The van der Waals surface area contributed by atoms with Crippen molar-refractivity contribution >= 4 is 0 Å². The summed E-state index contributed by atoms with van der Waals surface area (Å²) in [5.74, 6) is 0.516. The van der Waals surface area contributed by atoms with Gasteiger partial charge in [-0.15, -0.1) is 13.2 Å². The zero-order chi connectivity index (χ0) is 17.6. The van der Waals surface area contributed by atoms with E-state index < -0.39 is 0 Å². The minimum Gasteiger partial charge on any atom is -0.347 e. The van der Waals surface area contributed by atoms with Crippen LogP contribution in [-0.2, 0) is 9.47 Å². The Morgan fingerprint density at radius 1 is 1.17 bits per heavy atom. The van der Waals surface area contributed by atoms with Crippen LogP contribution in [-0.4, -0.2) is 43.0 Å². The Morgan fingerprint density at radius 3 is 2.33 bits per heavy atom. The standard InChI is InChI=1S/C21H37NO2/c1-6-14-22(15-7-2)16-11-19-17-23-21(24-19)12-9-18(10-13-21)20(4,5)8-3/h6-7,18-19H,1-2,8-17H2,3-5H3. The summed E-state index contributed by atoms with van der Waals surface area (Å²) in [7, 11) is 0. The molecule has 1 atom stereocenters. The topological polar surface area (TPSA) is 21.7 Å². The van der Waals surface area contributed by atoms with E-state index in [0.29, 0.717) is 5.41 Å². The molecule has 0 aromatic heterocycles. The highest BCUT2D eigenvalue weighted by Gasteiger charge is 2.46. The van der Waals surface area contributed by atoms with E-state index in [9.17, 15) is 0 Å². The van der Waals surface area contributed by atoms with Gasteiger partial charge >= 0.3 is 0 Å². The van der Waals surface area contributed by atoms with Crippen molar-refractivity contribution in [1.82, 2.24) is 4.90 Å². The van der Waals surface area contributed by atoms with Gasteiger partial charge in [-0.25, -0.2) is 0 Å². The lowest BCUT2D eigenvalue weighted by Crippen LogP contribution is -2.39. The molecule has 2 fully saturated rings. The Kier molecular flexibility index (Phi) is 7.09. The zero-order valence-electron chi connectivity index (χ0n) is 16.1. The highest BCUT2D eigenvalue weighted by atomic mass is 16.7. The van der Waals surface area contributed by atoms with Crippen molar-refractivity contribution < 1.29 is 9.47 Å². The summed E-state index contributed by atoms with van der Waals surface area (Å²) in [5.41, 5.74) is 0.440. The Balaban J connectivity index is 1.79. The van der Waals surface area contributed by atoms with Gasteiger partial charge < -0.3 is 9.47 Å².